The molecule has 0 radical (unpaired) electrons. The van der Waals surface area contributed by atoms with Crippen molar-refractivity contribution in [1.29, 1.82) is 0 Å². The minimum atomic E-state index is 0.378. The number of fused-ring (bicyclic) bond motifs is 3. The van der Waals surface area contributed by atoms with Crippen LogP contribution in [0.2, 0.25) is 0 Å². The molecule has 6 rings (SSSR count). The number of rotatable bonds is 7. The van der Waals surface area contributed by atoms with E-state index in [1.165, 1.54) is 10.9 Å². The van der Waals surface area contributed by atoms with Gasteiger partial charge in [-0.1, -0.05) is 128 Å². The highest BCUT2D eigenvalue weighted by molar-refractivity contribution is 6.69. The number of aromatic nitrogens is 1. The van der Waals surface area contributed by atoms with E-state index in [-0.39, 0.29) is 0 Å². The van der Waals surface area contributed by atoms with E-state index < -0.39 is 0 Å². The Balaban J connectivity index is 1.54. The van der Waals surface area contributed by atoms with Crippen molar-refractivity contribution in [3.05, 3.63) is 163 Å². The fourth-order valence-corrected chi connectivity index (χ4v) is 5.57. The van der Waals surface area contributed by atoms with Gasteiger partial charge in [0.1, 0.15) is 5.17 Å². The molecule has 0 saturated carbocycles. The van der Waals surface area contributed by atoms with E-state index in [9.17, 15) is 0 Å². The topological polar surface area (TPSA) is 17.3 Å². The summed E-state index contributed by atoms with van der Waals surface area (Å²) in [6, 6.07) is 44.3. The van der Waals surface area contributed by atoms with Crippen LogP contribution in [0.15, 0.2) is 157 Å². The van der Waals surface area contributed by atoms with Gasteiger partial charge in [0, 0.05) is 22.0 Å². The SMILES string of the molecule is C=C(C)/C(Cl)=N\C(=C(\C)C(=C)c1cccc2c1c1ccccc1n2-c1ccccc1)c1ccc(-c2ccccc2)cc1. The minimum absolute atomic E-state index is 0.378. The van der Waals surface area contributed by atoms with Gasteiger partial charge in [0.15, 0.2) is 0 Å². The summed E-state index contributed by atoms with van der Waals surface area (Å²) >= 11 is 6.61. The van der Waals surface area contributed by atoms with Crippen LogP contribution in [-0.2, 0) is 0 Å². The van der Waals surface area contributed by atoms with Gasteiger partial charge >= 0.3 is 0 Å². The predicted molar refractivity (Wildman–Crippen MR) is 182 cm³/mol. The first-order valence-corrected chi connectivity index (χ1v) is 14.4. The molecule has 0 aliphatic rings. The zero-order valence-electron chi connectivity index (χ0n) is 23.8. The van der Waals surface area contributed by atoms with Crippen molar-refractivity contribution in [2.45, 2.75) is 13.8 Å². The van der Waals surface area contributed by atoms with Crippen LogP contribution in [0.4, 0.5) is 0 Å². The second-order valence-corrected chi connectivity index (χ2v) is 10.8. The van der Waals surface area contributed by atoms with E-state index >= 15 is 0 Å². The first-order chi connectivity index (χ1) is 20.4. The second-order valence-electron chi connectivity index (χ2n) is 10.5. The van der Waals surface area contributed by atoms with E-state index in [2.05, 4.69) is 140 Å². The molecule has 0 amide bonds. The maximum atomic E-state index is 6.61. The van der Waals surface area contributed by atoms with Crippen LogP contribution in [0, 0.1) is 0 Å². The van der Waals surface area contributed by atoms with Crippen LogP contribution in [0.3, 0.4) is 0 Å². The molecule has 0 aliphatic carbocycles. The average molecular weight is 563 g/mol. The van der Waals surface area contributed by atoms with Gasteiger partial charge in [0.05, 0.1) is 16.7 Å². The van der Waals surface area contributed by atoms with Crippen molar-refractivity contribution >= 4 is 49.8 Å². The average Bonchev–Trinajstić information content (AvgIpc) is 3.38. The Labute approximate surface area is 252 Å². The number of nitrogens with zero attached hydrogens (tertiary/aromatic N) is 2. The lowest BCUT2D eigenvalue weighted by atomic mass is 9.92. The Morgan fingerprint density at radius 2 is 1.24 bits per heavy atom. The number of halogens is 1. The lowest BCUT2D eigenvalue weighted by Crippen LogP contribution is -1.96. The van der Waals surface area contributed by atoms with Crippen molar-refractivity contribution in [2.75, 3.05) is 0 Å². The number of hydrogen-bond donors (Lipinski definition) is 0. The van der Waals surface area contributed by atoms with Crippen LogP contribution in [0.5, 0.6) is 0 Å². The van der Waals surface area contributed by atoms with Gasteiger partial charge < -0.3 is 4.57 Å². The highest BCUT2D eigenvalue weighted by Crippen LogP contribution is 2.40. The summed E-state index contributed by atoms with van der Waals surface area (Å²) in [6.45, 7) is 12.6. The normalized spacial score (nSPS) is 12.4. The van der Waals surface area contributed by atoms with E-state index in [0.717, 1.165) is 55.6 Å². The van der Waals surface area contributed by atoms with Crippen LogP contribution >= 0.6 is 11.6 Å². The molecule has 0 unspecified atom stereocenters. The largest absolute Gasteiger partial charge is 0.309 e. The van der Waals surface area contributed by atoms with Crippen molar-refractivity contribution in [1.82, 2.24) is 4.57 Å². The smallest absolute Gasteiger partial charge is 0.132 e. The molecular weight excluding hydrogens is 532 g/mol. The Kier molecular flexibility index (Phi) is 7.48. The van der Waals surface area contributed by atoms with Crippen molar-refractivity contribution < 1.29 is 0 Å². The molecule has 0 fully saturated rings. The summed E-state index contributed by atoms with van der Waals surface area (Å²) < 4.78 is 2.32. The summed E-state index contributed by atoms with van der Waals surface area (Å²) in [4.78, 5) is 4.89. The first-order valence-electron chi connectivity index (χ1n) is 14.0. The summed E-state index contributed by atoms with van der Waals surface area (Å²) in [5.41, 5.74) is 11.1. The number of benzene rings is 5. The molecular formula is C39H31ClN2. The zero-order valence-corrected chi connectivity index (χ0v) is 24.6. The van der Waals surface area contributed by atoms with Crippen LogP contribution in [0.1, 0.15) is 25.0 Å². The Bertz CT molecular complexity index is 2010. The van der Waals surface area contributed by atoms with Gasteiger partial charge in [-0.2, -0.15) is 0 Å². The maximum absolute atomic E-state index is 6.61. The second kappa shape index (κ2) is 11.5. The van der Waals surface area contributed by atoms with E-state index in [1.54, 1.807) is 0 Å². The molecule has 42 heavy (non-hydrogen) atoms. The molecule has 0 aliphatic heterocycles. The molecule has 1 aromatic heterocycles. The molecule has 0 bridgehead atoms. The molecule has 0 atom stereocenters. The molecule has 0 spiro atoms. The number of hydrogen-bond acceptors (Lipinski definition) is 1. The van der Waals surface area contributed by atoms with Crippen LogP contribution in [-0.4, -0.2) is 9.74 Å². The highest BCUT2D eigenvalue weighted by atomic mass is 35.5. The fraction of sp³-hybridized carbons (Fsp3) is 0.0513. The quantitative estimate of drug-likeness (QED) is 0.136. The fourth-order valence-electron chi connectivity index (χ4n) is 5.48. The van der Waals surface area contributed by atoms with Crippen LogP contribution in [0.25, 0.3) is 49.9 Å². The van der Waals surface area contributed by atoms with E-state index in [1.807, 2.05) is 19.1 Å². The first kappa shape index (κ1) is 27.3. The van der Waals surface area contributed by atoms with Gasteiger partial charge in [-0.15, -0.1) is 0 Å². The molecule has 204 valence electrons. The Morgan fingerprint density at radius 3 is 1.93 bits per heavy atom. The number of para-hydroxylation sites is 2. The molecule has 3 heteroatoms. The standard InChI is InChI=1S/C39H31ClN2/c1-26(2)39(40)41-38(31-24-22-30(23-25-31)29-14-7-5-8-15-29)28(4)27(3)33-19-13-21-36-37(33)34-18-11-12-20-35(34)42(36)32-16-9-6-10-17-32/h5-25H,1,3H2,2,4H3/b38-28-,41-39+. The van der Waals surface area contributed by atoms with Crippen molar-refractivity contribution in [2.24, 2.45) is 4.99 Å². The highest BCUT2D eigenvalue weighted by Gasteiger charge is 2.18. The summed E-state index contributed by atoms with van der Waals surface area (Å²) in [7, 11) is 0. The van der Waals surface area contributed by atoms with E-state index in [4.69, 9.17) is 16.6 Å². The van der Waals surface area contributed by atoms with Crippen molar-refractivity contribution in [3.8, 4) is 16.8 Å². The lowest BCUT2D eigenvalue weighted by molar-refractivity contribution is 1.18. The summed E-state index contributed by atoms with van der Waals surface area (Å²) in [5.74, 6) is 0. The van der Waals surface area contributed by atoms with Crippen molar-refractivity contribution in [3.63, 3.8) is 0 Å². The lowest BCUT2D eigenvalue weighted by Gasteiger charge is -2.15. The third-order valence-electron chi connectivity index (χ3n) is 7.67. The molecule has 1 heterocycles. The third kappa shape index (κ3) is 5.02. The summed E-state index contributed by atoms with van der Waals surface area (Å²) in [6.07, 6.45) is 0. The Hall–Kier alpha value is -4.92. The van der Waals surface area contributed by atoms with Gasteiger partial charge in [0.2, 0.25) is 0 Å². The molecule has 0 N–H and O–H groups in total. The van der Waals surface area contributed by atoms with Gasteiger partial charge in [-0.3, -0.25) is 0 Å². The molecule has 5 aromatic carbocycles. The third-order valence-corrected chi connectivity index (χ3v) is 8.08. The monoisotopic (exact) mass is 562 g/mol. The minimum Gasteiger partial charge on any atom is -0.309 e. The molecule has 0 saturated heterocycles. The maximum Gasteiger partial charge on any atom is 0.132 e. The predicted octanol–water partition coefficient (Wildman–Crippen LogP) is 11.1. The number of allylic oxidation sites excluding steroid dienone is 3. The van der Waals surface area contributed by atoms with Crippen LogP contribution < -0.4 is 0 Å². The van der Waals surface area contributed by atoms with Gasteiger partial charge in [0.25, 0.3) is 0 Å². The number of aliphatic imine (C=N–C) groups is 1. The Morgan fingerprint density at radius 1 is 0.643 bits per heavy atom. The molecule has 6 aromatic rings. The van der Waals surface area contributed by atoms with Gasteiger partial charge in [-0.05, 0) is 71.5 Å². The zero-order chi connectivity index (χ0) is 29.2. The van der Waals surface area contributed by atoms with E-state index in [0.29, 0.717) is 10.7 Å². The van der Waals surface area contributed by atoms with Gasteiger partial charge in [-0.25, -0.2) is 4.99 Å². The molecule has 2 nitrogen and oxygen atoms in total. The summed E-state index contributed by atoms with van der Waals surface area (Å²) in [5, 5.41) is 2.72.